The lowest BCUT2D eigenvalue weighted by Crippen LogP contribution is -2.69. The second kappa shape index (κ2) is 48.1. The minimum absolute atomic E-state index is 0.0587. The highest BCUT2D eigenvalue weighted by atomic mass is 35.5. The van der Waals surface area contributed by atoms with E-state index in [-0.39, 0.29) is 91.6 Å². The maximum Gasteiger partial charge on any atom is 0.187 e. The van der Waals surface area contributed by atoms with Crippen LogP contribution in [0.2, 0.25) is 35.2 Å². The third kappa shape index (κ3) is 25.0. The average Bonchev–Trinajstić information content (AvgIpc) is 0.864. The second-order valence-electron chi connectivity index (χ2n) is 33.9. The normalized spacial score (nSPS) is 36.9. The third-order valence-corrected chi connectivity index (χ3v) is 27.4. The van der Waals surface area contributed by atoms with Gasteiger partial charge in [-0.25, -0.2) is 0 Å². The van der Waals surface area contributed by atoms with Gasteiger partial charge < -0.3 is 175 Å². The predicted octanol–water partition coefficient (Wildman–Crippen LogP) is 1.93. The Labute approximate surface area is 801 Å². The lowest BCUT2D eigenvalue weighted by Gasteiger charge is -2.50. The Hall–Kier alpha value is -4.83. The molecule has 0 unspecified atom stereocenters. The van der Waals surface area contributed by atoms with Gasteiger partial charge in [-0.15, -0.1) is 0 Å². The van der Waals surface area contributed by atoms with Crippen molar-refractivity contribution in [1.29, 1.82) is 0 Å². The Morgan fingerprint density at radius 2 is 0.278 bits per heavy atom. The molecule has 0 amide bonds. The Morgan fingerprint density at radius 3 is 0.391 bits per heavy atom. The van der Waals surface area contributed by atoms with Gasteiger partial charge in [0.1, 0.15) is 171 Å². The number of ether oxygens (including phenoxy) is 14. The first-order valence-electron chi connectivity index (χ1n) is 43.9. The highest BCUT2D eigenvalue weighted by Gasteiger charge is 2.60. The summed E-state index contributed by atoms with van der Waals surface area (Å²) in [6.07, 6.45) is -66.3. The fourth-order valence-electron chi connectivity index (χ4n) is 17.5. The van der Waals surface area contributed by atoms with E-state index in [9.17, 15) is 71.5 Å². The quantitative estimate of drug-likeness (QED) is 0.0333. The van der Waals surface area contributed by atoms with Crippen molar-refractivity contribution in [2.24, 2.45) is 0 Å². The molecule has 28 rings (SSSR count). The zero-order chi connectivity index (χ0) is 93.8. The van der Waals surface area contributed by atoms with E-state index in [2.05, 4.69) is 37.2 Å². The maximum absolute atomic E-state index is 12.7. The van der Waals surface area contributed by atoms with E-state index < -0.39 is 215 Å². The first-order valence-corrected chi connectivity index (χ1v) is 46.6. The molecule has 21 heterocycles. The lowest BCUT2D eigenvalue weighted by atomic mass is 9.94. The minimum Gasteiger partial charge on any atom is -0.387 e. The van der Waals surface area contributed by atoms with Crippen molar-refractivity contribution in [3.8, 4) is 0 Å². The van der Waals surface area contributed by atoms with E-state index >= 15 is 0 Å². The summed E-state index contributed by atoms with van der Waals surface area (Å²) in [4.78, 5) is 0. The summed E-state index contributed by atoms with van der Waals surface area (Å²) in [7, 11) is 0. The van der Waals surface area contributed by atoms with Gasteiger partial charge in [-0.3, -0.25) is 0 Å². The number of nitrogens with one attached hydrogen (secondary N) is 7. The summed E-state index contributed by atoms with van der Waals surface area (Å²) in [5, 5.41) is 202. The topological polar surface area (TPSA) is 497 Å². The summed E-state index contributed by atoms with van der Waals surface area (Å²) in [6.45, 7) is -1.60. The molecule has 35 atom stereocenters. The van der Waals surface area contributed by atoms with Gasteiger partial charge >= 0.3 is 0 Å². The van der Waals surface area contributed by atoms with Crippen LogP contribution in [0.1, 0.15) is 38.9 Å². The van der Waals surface area contributed by atoms with E-state index in [1.54, 1.807) is 170 Å². The molecule has 7 aromatic rings. The van der Waals surface area contributed by atoms with Gasteiger partial charge in [0.25, 0.3) is 0 Å². The van der Waals surface area contributed by atoms with Crippen molar-refractivity contribution in [2.45, 2.75) is 261 Å². The number of aliphatic hydroxyl groups is 14. The summed E-state index contributed by atoms with van der Waals surface area (Å²) in [5.41, 5.74) is 4.28. The van der Waals surface area contributed by atoms with Crippen molar-refractivity contribution >= 4 is 81.2 Å². The molecule has 21 fully saturated rings. The first kappa shape index (κ1) is 103. The van der Waals surface area contributed by atoms with Gasteiger partial charge in [0.05, 0.1) is 0 Å². The largest absolute Gasteiger partial charge is 0.387 e. The maximum atomic E-state index is 12.7. The highest BCUT2D eigenvalue weighted by molar-refractivity contribution is 6.33. The van der Waals surface area contributed by atoms with Crippen LogP contribution in [0, 0.1) is 0 Å². The average molecular weight is 2000 g/mol. The molecule has 0 spiro atoms. The molecule has 42 heteroatoms. The number of rotatable bonds is 28. The van der Waals surface area contributed by atoms with Gasteiger partial charge in [0.15, 0.2) is 44.0 Å². The Balaban J connectivity index is 0.805. The van der Waals surface area contributed by atoms with Gasteiger partial charge in [-0.1, -0.05) is 209 Å². The van der Waals surface area contributed by atoms with Gasteiger partial charge in [0, 0.05) is 127 Å². The van der Waals surface area contributed by atoms with E-state index in [0.717, 1.165) is 0 Å². The smallest absolute Gasteiger partial charge is 0.187 e. The van der Waals surface area contributed by atoms with Crippen LogP contribution in [0.5, 0.6) is 0 Å². The molecule has 35 nitrogen and oxygen atoms in total. The first-order chi connectivity index (χ1) is 64.2. The molecule has 133 heavy (non-hydrogen) atoms. The Kier molecular flexibility index (Phi) is 37.1. The molecule has 0 saturated carbocycles. The summed E-state index contributed by atoms with van der Waals surface area (Å²) in [6, 6.07) is 48.3. The molecule has 14 bridgehead atoms. The summed E-state index contributed by atoms with van der Waals surface area (Å²) < 4.78 is 92.6. The number of hydrogen-bond acceptors (Lipinski definition) is 35. The molecule has 0 aromatic heterocycles. The Bertz CT molecular complexity index is 4030. The number of aliphatic hydroxyl groups excluding tert-OH is 14. The van der Waals surface area contributed by atoms with Crippen LogP contribution in [0.25, 0.3) is 0 Å². The second-order valence-corrected chi connectivity index (χ2v) is 36.8. The fraction of sp³-hybridized carbons (Fsp3) is 0.538. The van der Waals surface area contributed by atoms with Crippen molar-refractivity contribution in [3.63, 3.8) is 0 Å². The van der Waals surface area contributed by atoms with Crippen molar-refractivity contribution in [1.82, 2.24) is 37.2 Å². The standard InChI is InChI=1S/C91H112Cl7N7O28/c92-50-22-8-1-15-43(50)29-99-36-57-78-64(106)71(113)85(120-57)128-79-58(37-100-30-44-16-2-9-23-51(44)93)122-87(73(115)66(79)108)130-81-60(39-102-32-46-18-4-11-25-53(46)95)124-89(75(117)68(81)110)132-83-62(41-104-34-48-20-6-13-27-55(48)97)126-91(77(119)70(83)112)133-84-63(42-105-35-49-21-7-14-28-56(49)98)125-90(76(118)69(84)111)131-82-61(40-103-33-47-19-5-12-26-54(47)96)123-88(74(116)67(82)109)129-80-59(121-86(127-78)72(114)65(80)107)38-101-31-45-17-3-10-24-52(45)94/h1-28,57-91,99-119H,29-42H2/t57-,58-,59-,60-,61-,62-,63-,64-,65-,66-,67-,68-,69-,70-,71-,72-,73-,74-,75-,76-,77-,78-,79-,80-,81-,82-,83-,84-,85-,86-,87-,88-,89-,90-,91-/m1/s1. The van der Waals surface area contributed by atoms with E-state index in [1.165, 1.54) is 0 Å². The fourth-order valence-corrected chi connectivity index (χ4v) is 18.9. The van der Waals surface area contributed by atoms with E-state index in [0.29, 0.717) is 74.1 Å². The highest BCUT2D eigenvalue weighted by Crippen LogP contribution is 2.41. The van der Waals surface area contributed by atoms with Crippen molar-refractivity contribution < 1.29 is 138 Å². The third-order valence-electron chi connectivity index (χ3n) is 24.9. The van der Waals surface area contributed by atoms with Crippen LogP contribution in [0.4, 0.5) is 0 Å². The van der Waals surface area contributed by atoms with Gasteiger partial charge in [0.2, 0.25) is 0 Å². The van der Waals surface area contributed by atoms with Crippen LogP contribution in [-0.2, 0) is 112 Å². The van der Waals surface area contributed by atoms with Crippen LogP contribution in [0.3, 0.4) is 0 Å². The number of benzene rings is 7. The van der Waals surface area contributed by atoms with Gasteiger partial charge in [-0.05, 0) is 81.4 Å². The molecule has 0 aliphatic carbocycles. The molecular formula is C91H112Cl7N7O28. The summed E-state index contributed by atoms with van der Waals surface area (Å²) in [5.74, 6) is 0. The van der Waals surface area contributed by atoms with Crippen LogP contribution in [-0.4, -0.2) is 332 Å². The SMILES string of the molecule is O[C@@H]1[C@@H](O)[C@H]2O[C@H]3[C@H](O)[C@@H](O)[C@@H](O[C@H]4[C@H](O)[C@@H](O)[C@@H](O[C@H]5[C@H](O)[C@@H](O)[C@@H](O[C@H]6[C@H](O)[C@@H](O)[C@@H](O[C@H]7[C@H](O)[C@@H](O)[C@@H](O[C@H]8[C@H](O)[C@@H](O)[C@@H](O[C@@H]1[C@@H](CNCc1ccccc1Cl)O2)O[C@@H]8CNCc1ccccc1Cl)O[C@@H]7CNCc1ccccc1Cl)O[C@@H]6CNCc1ccccc1Cl)O[C@@H]5CNCc1ccccc1Cl)O[C@@H]4CNCc1ccccc1Cl)O[C@@H]3CNCc1ccccc1Cl. The van der Waals surface area contributed by atoms with Crippen molar-refractivity contribution in [3.05, 3.63) is 244 Å². The Morgan fingerprint density at radius 1 is 0.165 bits per heavy atom. The van der Waals surface area contributed by atoms with Crippen LogP contribution >= 0.6 is 81.2 Å². The molecule has 21 aliphatic rings. The minimum atomic E-state index is -2.17. The van der Waals surface area contributed by atoms with E-state index in [4.69, 9.17) is 148 Å². The number of hydrogen-bond donors (Lipinski definition) is 21. The molecular weight excluding hydrogens is 1890 g/mol. The monoisotopic (exact) mass is 2000 g/mol. The molecule has 21 saturated heterocycles. The molecule has 7 aromatic carbocycles. The summed E-state index contributed by atoms with van der Waals surface area (Å²) >= 11 is 46.7. The predicted molar refractivity (Wildman–Crippen MR) is 481 cm³/mol. The van der Waals surface area contributed by atoms with Gasteiger partial charge in [-0.2, -0.15) is 0 Å². The number of halogens is 7. The zero-order valence-corrected chi connectivity index (χ0v) is 76.7. The van der Waals surface area contributed by atoms with Crippen LogP contribution < -0.4 is 37.2 Å². The molecule has 728 valence electrons. The zero-order valence-electron chi connectivity index (χ0n) is 71.4. The molecule has 0 radical (unpaired) electrons. The van der Waals surface area contributed by atoms with E-state index in [1.807, 2.05) is 0 Å². The van der Waals surface area contributed by atoms with Crippen LogP contribution in [0.15, 0.2) is 170 Å². The molecule has 21 aliphatic heterocycles. The van der Waals surface area contributed by atoms with Crippen molar-refractivity contribution in [2.75, 3.05) is 45.8 Å². The molecule has 21 N–H and O–H groups in total. The lowest BCUT2D eigenvalue weighted by molar-refractivity contribution is -0.392.